The van der Waals surface area contributed by atoms with Gasteiger partial charge in [-0.05, 0) is 31.2 Å². The number of alkyl halides is 3. The number of benzene rings is 1. The van der Waals surface area contributed by atoms with Crippen LogP contribution in [0.4, 0.5) is 18.9 Å². The lowest BCUT2D eigenvalue weighted by molar-refractivity contribution is -0.137. The van der Waals surface area contributed by atoms with Gasteiger partial charge in [-0.15, -0.1) is 0 Å². The summed E-state index contributed by atoms with van der Waals surface area (Å²) in [4.78, 5) is 20.3. The van der Waals surface area contributed by atoms with Crippen molar-refractivity contribution in [2.45, 2.75) is 13.1 Å². The molecule has 0 fully saturated rings. The second-order valence-corrected chi connectivity index (χ2v) is 6.00. The zero-order valence-electron chi connectivity index (χ0n) is 14.4. The summed E-state index contributed by atoms with van der Waals surface area (Å²) >= 11 is 5.85. The largest absolute Gasteiger partial charge is 0.467 e. The van der Waals surface area contributed by atoms with E-state index in [2.05, 4.69) is 20.4 Å². The van der Waals surface area contributed by atoms with E-state index >= 15 is 0 Å². The third-order valence-electron chi connectivity index (χ3n) is 3.46. The first kappa shape index (κ1) is 19.6. The minimum Gasteiger partial charge on any atom is -0.467 e. The van der Waals surface area contributed by atoms with Gasteiger partial charge in [-0.2, -0.15) is 23.3 Å². The number of nitrogens with zero attached hydrogens (tertiary/aromatic N) is 4. The molecule has 0 saturated heterocycles. The number of carbonyl (C=O) groups is 1. The lowest BCUT2D eigenvalue weighted by Gasteiger charge is -2.12. The molecule has 0 aliphatic heterocycles. The van der Waals surface area contributed by atoms with E-state index in [1.165, 1.54) is 10.7 Å². The molecule has 3 rings (SSSR count). The van der Waals surface area contributed by atoms with E-state index in [9.17, 15) is 18.0 Å². The Bertz CT molecular complexity index is 993. The SMILES string of the molecule is Cc1nc(OCC(=O)Nc2cc(C(F)(F)F)ccc2Cl)cc(-n2cccn2)n1. The van der Waals surface area contributed by atoms with Gasteiger partial charge in [0.2, 0.25) is 5.88 Å². The van der Waals surface area contributed by atoms with E-state index in [4.69, 9.17) is 16.3 Å². The Hall–Kier alpha value is -3.14. The van der Waals surface area contributed by atoms with Gasteiger partial charge in [0.05, 0.1) is 16.3 Å². The van der Waals surface area contributed by atoms with Crippen LogP contribution in [-0.4, -0.2) is 32.3 Å². The van der Waals surface area contributed by atoms with E-state index < -0.39 is 24.3 Å². The van der Waals surface area contributed by atoms with Crippen molar-refractivity contribution in [3.8, 4) is 11.7 Å². The van der Waals surface area contributed by atoms with Crippen molar-refractivity contribution in [3.05, 3.63) is 59.1 Å². The van der Waals surface area contributed by atoms with Gasteiger partial charge >= 0.3 is 6.18 Å². The van der Waals surface area contributed by atoms with Gasteiger partial charge in [-0.1, -0.05) is 11.6 Å². The number of carbonyl (C=O) groups excluding carboxylic acids is 1. The first-order valence-electron chi connectivity index (χ1n) is 7.87. The summed E-state index contributed by atoms with van der Waals surface area (Å²) in [7, 11) is 0. The van der Waals surface area contributed by atoms with Crippen LogP contribution in [0.1, 0.15) is 11.4 Å². The molecule has 0 aliphatic rings. The van der Waals surface area contributed by atoms with E-state index in [1.807, 2.05) is 0 Å². The molecule has 2 aromatic heterocycles. The number of hydrogen-bond acceptors (Lipinski definition) is 5. The van der Waals surface area contributed by atoms with E-state index in [1.54, 1.807) is 25.4 Å². The minimum absolute atomic E-state index is 0.0276. The predicted molar refractivity (Wildman–Crippen MR) is 94.5 cm³/mol. The predicted octanol–water partition coefficient (Wildman–Crippen LogP) is 3.66. The number of ether oxygens (including phenoxy) is 1. The fourth-order valence-corrected chi connectivity index (χ4v) is 2.41. The molecule has 7 nitrogen and oxygen atoms in total. The Morgan fingerprint density at radius 3 is 2.75 bits per heavy atom. The highest BCUT2D eigenvalue weighted by atomic mass is 35.5. The standard InChI is InChI=1S/C17H13ClF3N5O2/c1-10-23-14(26-6-2-5-22-26)8-16(24-10)28-9-15(27)25-13-7-11(17(19,20)21)3-4-12(13)18/h2-8H,9H2,1H3,(H,25,27). The average Bonchev–Trinajstić information content (AvgIpc) is 3.15. The summed E-state index contributed by atoms with van der Waals surface area (Å²) in [5.74, 6) is 0.250. The number of aryl methyl sites for hydroxylation is 1. The third kappa shape index (κ3) is 4.77. The Morgan fingerprint density at radius 2 is 2.07 bits per heavy atom. The molecular weight excluding hydrogens is 399 g/mol. The Kier molecular flexibility index (Phi) is 5.50. The number of nitrogens with one attached hydrogen (secondary N) is 1. The van der Waals surface area contributed by atoms with Crippen molar-refractivity contribution in [1.82, 2.24) is 19.7 Å². The molecule has 11 heteroatoms. The Balaban J connectivity index is 1.68. The van der Waals surface area contributed by atoms with Crippen molar-refractivity contribution in [1.29, 1.82) is 0 Å². The first-order chi connectivity index (χ1) is 13.2. The van der Waals surface area contributed by atoms with Crippen LogP contribution in [0.5, 0.6) is 5.88 Å². The molecule has 1 aromatic carbocycles. The van der Waals surface area contributed by atoms with Crippen molar-refractivity contribution in [3.63, 3.8) is 0 Å². The minimum atomic E-state index is -4.55. The normalized spacial score (nSPS) is 11.3. The summed E-state index contributed by atoms with van der Waals surface area (Å²) < 4.78 is 45.2. The summed E-state index contributed by atoms with van der Waals surface area (Å²) in [6.45, 7) is 1.16. The number of hydrogen-bond donors (Lipinski definition) is 1. The van der Waals surface area contributed by atoms with Crippen LogP contribution in [0.15, 0.2) is 42.7 Å². The average molecular weight is 412 g/mol. The summed E-state index contributed by atoms with van der Waals surface area (Å²) in [5.41, 5.74) is -1.09. The van der Waals surface area contributed by atoms with Crippen LogP contribution in [0.2, 0.25) is 5.02 Å². The Morgan fingerprint density at radius 1 is 1.29 bits per heavy atom. The van der Waals surface area contributed by atoms with Gasteiger partial charge in [0.15, 0.2) is 12.4 Å². The van der Waals surface area contributed by atoms with E-state index in [-0.39, 0.29) is 16.6 Å². The first-order valence-corrected chi connectivity index (χ1v) is 8.25. The topological polar surface area (TPSA) is 81.9 Å². The monoisotopic (exact) mass is 411 g/mol. The number of anilines is 1. The zero-order valence-corrected chi connectivity index (χ0v) is 15.1. The van der Waals surface area contributed by atoms with Crippen LogP contribution in [0.3, 0.4) is 0 Å². The van der Waals surface area contributed by atoms with Crippen molar-refractivity contribution >= 4 is 23.2 Å². The zero-order chi connectivity index (χ0) is 20.3. The molecule has 0 bridgehead atoms. The molecule has 0 atom stereocenters. The number of aromatic nitrogens is 4. The van der Waals surface area contributed by atoms with Gasteiger partial charge in [-0.3, -0.25) is 4.79 Å². The highest BCUT2D eigenvalue weighted by Crippen LogP contribution is 2.33. The maximum Gasteiger partial charge on any atom is 0.416 e. The second-order valence-electron chi connectivity index (χ2n) is 5.59. The molecule has 0 unspecified atom stereocenters. The van der Waals surface area contributed by atoms with Gasteiger partial charge in [0.1, 0.15) is 5.82 Å². The smallest absolute Gasteiger partial charge is 0.416 e. The highest BCUT2D eigenvalue weighted by Gasteiger charge is 2.31. The molecule has 146 valence electrons. The van der Waals surface area contributed by atoms with Crippen LogP contribution in [0.25, 0.3) is 5.82 Å². The number of rotatable bonds is 5. The van der Waals surface area contributed by atoms with Crippen LogP contribution in [-0.2, 0) is 11.0 Å². The Labute approximate surface area is 162 Å². The quantitative estimate of drug-likeness (QED) is 0.693. The maximum atomic E-state index is 12.8. The molecule has 0 spiro atoms. The van der Waals surface area contributed by atoms with Crippen LogP contribution in [0, 0.1) is 6.92 Å². The van der Waals surface area contributed by atoms with Crippen LogP contribution >= 0.6 is 11.6 Å². The molecule has 28 heavy (non-hydrogen) atoms. The van der Waals surface area contributed by atoms with Gasteiger partial charge in [-0.25, -0.2) is 9.67 Å². The number of halogens is 4. The second kappa shape index (κ2) is 7.85. The summed E-state index contributed by atoms with van der Waals surface area (Å²) in [5, 5.41) is 6.31. The molecular formula is C17H13ClF3N5O2. The molecule has 0 saturated carbocycles. The molecule has 3 aromatic rings. The summed E-state index contributed by atoms with van der Waals surface area (Å²) in [6, 6.07) is 5.83. The van der Waals surface area contributed by atoms with Gasteiger partial charge in [0.25, 0.3) is 5.91 Å². The van der Waals surface area contributed by atoms with Crippen molar-refractivity contribution in [2.75, 3.05) is 11.9 Å². The third-order valence-corrected chi connectivity index (χ3v) is 3.79. The van der Waals surface area contributed by atoms with Crippen LogP contribution < -0.4 is 10.1 Å². The van der Waals surface area contributed by atoms with Crippen molar-refractivity contribution in [2.24, 2.45) is 0 Å². The fraction of sp³-hybridized carbons (Fsp3) is 0.176. The van der Waals surface area contributed by atoms with Gasteiger partial charge < -0.3 is 10.1 Å². The fourth-order valence-electron chi connectivity index (χ4n) is 2.24. The molecule has 1 amide bonds. The van der Waals surface area contributed by atoms with E-state index in [0.717, 1.165) is 18.2 Å². The molecule has 0 aliphatic carbocycles. The highest BCUT2D eigenvalue weighted by molar-refractivity contribution is 6.33. The summed E-state index contributed by atoms with van der Waals surface area (Å²) in [6.07, 6.45) is -1.31. The van der Waals surface area contributed by atoms with Gasteiger partial charge in [0, 0.05) is 18.5 Å². The molecule has 0 radical (unpaired) electrons. The van der Waals surface area contributed by atoms with Crippen molar-refractivity contribution < 1.29 is 22.7 Å². The number of amides is 1. The van der Waals surface area contributed by atoms with E-state index in [0.29, 0.717) is 11.6 Å². The molecule has 1 N–H and O–H groups in total. The lowest BCUT2D eigenvalue weighted by atomic mass is 10.2. The maximum absolute atomic E-state index is 12.8. The molecule has 2 heterocycles. The lowest BCUT2D eigenvalue weighted by Crippen LogP contribution is -2.21.